The Kier molecular flexibility index (Phi) is 5.26. The van der Waals surface area contributed by atoms with Crippen LogP contribution in [0.25, 0.3) is 0 Å². The van der Waals surface area contributed by atoms with Crippen LogP contribution in [-0.2, 0) is 11.3 Å². The highest BCUT2D eigenvalue weighted by atomic mass is 16.5. The van der Waals surface area contributed by atoms with Crippen molar-refractivity contribution >= 4 is 11.6 Å². The van der Waals surface area contributed by atoms with Gasteiger partial charge >= 0.3 is 0 Å². The van der Waals surface area contributed by atoms with Crippen molar-refractivity contribution in [1.82, 2.24) is 14.7 Å². The second kappa shape index (κ2) is 7.59. The number of carbonyl (C=O) groups is 1. The standard InChI is InChI=1S/C19H26N4O2/c1-4-25-18-8-6-5-7-17(18)21-9-11-22(12-10-21)19(24)14-23-16(3)13-15(2)20-23/h5-8,13H,4,9-12,14H2,1-3H3. The fraction of sp³-hybridized carbons (Fsp3) is 0.474. The van der Waals surface area contributed by atoms with Crippen molar-refractivity contribution < 1.29 is 9.53 Å². The van der Waals surface area contributed by atoms with Gasteiger partial charge in [0.25, 0.3) is 0 Å². The number of piperazine rings is 1. The highest BCUT2D eigenvalue weighted by molar-refractivity contribution is 5.76. The van der Waals surface area contributed by atoms with Gasteiger partial charge in [-0.05, 0) is 39.0 Å². The van der Waals surface area contributed by atoms with E-state index in [-0.39, 0.29) is 5.91 Å². The third kappa shape index (κ3) is 3.95. The second-order valence-corrected chi connectivity index (χ2v) is 6.35. The fourth-order valence-corrected chi connectivity index (χ4v) is 3.26. The fourth-order valence-electron chi connectivity index (χ4n) is 3.26. The van der Waals surface area contributed by atoms with Gasteiger partial charge in [0.15, 0.2) is 0 Å². The number of aryl methyl sites for hydroxylation is 2. The van der Waals surface area contributed by atoms with Crippen LogP contribution >= 0.6 is 0 Å². The number of aromatic nitrogens is 2. The van der Waals surface area contributed by atoms with Crippen LogP contribution in [0.15, 0.2) is 30.3 Å². The number of hydrogen-bond acceptors (Lipinski definition) is 4. The summed E-state index contributed by atoms with van der Waals surface area (Å²) in [7, 11) is 0. The van der Waals surface area contributed by atoms with Gasteiger partial charge in [-0.2, -0.15) is 5.10 Å². The van der Waals surface area contributed by atoms with E-state index in [1.165, 1.54) is 0 Å². The molecule has 0 bridgehead atoms. The van der Waals surface area contributed by atoms with E-state index in [4.69, 9.17) is 4.74 Å². The molecule has 1 saturated heterocycles. The molecular formula is C19H26N4O2. The summed E-state index contributed by atoms with van der Waals surface area (Å²) in [5.74, 6) is 1.04. The molecule has 25 heavy (non-hydrogen) atoms. The van der Waals surface area contributed by atoms with Crippen LogP contribution in [0, 0.1) is 13.8 Å². The monoisotopic (exact) mass is 342 g/mol. The Hall–Kier alpha value is -2.50. The van der Waals surface area contributed by atoms with Crippen molar-refractivity contribution in [2.24, 2.45) is 0 Å². The molecule has 1 aliphatic rings. The number of anilines is 1. The predicted octanol–water partition coefficient (Wildman–Crippen LogP) is 2.25. The van der Waals surface area contributed by atoms with E-state index in [0.717, 1.165) is 49.0 Å². The highest BCUT2D eigenvalue weighted by Crippen LogP contribution is 2.28. The smallest absolute Gasteiger partial charge is 0.244 e. The summed E-state index contributed by atoms with van der Waals surface area (Å²) in [6, 6.07) is 10.1. The van der Waals surface area contributed by atoms with Crippen LogP contribution in [-0.4, -0.2) is 53.4 Å². The Morgan fingerprint density at radius 3 is 2.52 bits per heavy atom. The largest absolute Gasteiger partial charge is 0.492 e. The number of rotatable bonds is 5. The normalized spacial score (nSPS) is 14.7. The molecule has 1 aromatic carbocycles. The Morgan fingerprint density at radius 2 is 1.88 bits per heavy atom. The van der Waals surface area contributed by atoms with E-state index >= 15 is 0 Å². The molecule has 3 rings (SSSR count). The van der Waals surface area contributed by atoms with Gasteiger partial charge in [-0.1, -0.05) is 12.1 Å². The van der Waals surface area contributed by atoms with Gasteiger partial charge in [-0.15, -0.1) is 0 Å². The Bertz CT molecular complexity index is 733. The summed E-state index contributed by atoms with van der Waals surface area (Å²) < 4.78 is 7.51. The Balaban J connectivity index is 1.60. The lowest BCUT2D eigenvalue weighted by molar-refractivity contribution is -0.132. The number of para-hydroxylation sites is 2. The number of ether oxygens (including phenoxy) is 1. The summed E-state index contributed by atoms with van der Waals surface area (Å²) >= 11 is 0. The lowest BCUT2D eigenvalue weighted by Crippen LogP contribution is -2.49. The molecule has 2 heterocycles. The third-order valence-corrected chi connectivity index (χ3v) is 4.53. The molecule has 0 saturated carbocycles. The molecule has 1 aromatic heterocycles. The van der Waals surface area contributed by atoms with Crippen molar-refractivity contribution in [3.63, 3.8) is 0 Å². The summed E-state index contributed by atoms with van der Waals surface area (Å²) in [4.78, 5) is 16.8. The zero-order chi connectivity index (χ0) is 17.8. The molecule has 134 valence electrons. The SMILES string of the molecule is CCOc1ccccc1N1CCN(C(=O)Cn2nc(C)cc2C)CC1. The number of amides is 1. The maximum absolute atomic E-state index is 12.6. The molecule has 0 unspecified atom stereocenters. The highest BCUT2D eigenvalue weighted by Gasteiger charge is 2.23. The first-order valence-corrected chi connectivity index (χ1v) is 8.84. The lowest BCUT2D eigenvalue weighted by atomic mass is 10.2. The maximum Gasteiger partial charge on any atom is 0.244 e. The van der Waals surface area contributed by atoms with Crippen molar-refractivity contribution in [1.29, 1.82) is 0 Å². The van der Waals surface area contributed by atoms with Crippen LogP contribution in [0.2, 0.25) is 0 Å². The van der Waals surface area contributed by atoms with Gasteiger partial charge in [0.05, 0.1) is 18.0 Å². The van der Waals surface area contributed by atoms with Crippen LogP contribution in [0.1, 0.15) is 18.3 Å². The van der Waals surface area contributed by atoms with Crippen LogP contribution in [0.4, 0.5) is 5.69 Å². The van der Waals surface area contributed by atoms with Crippen LogP contribution in [0.3, 0.4) is 0 Å². The van der Waals surface area contributed by atoms with E-state index in [9.17, 15) is 4.79 Å². The third-order valence-electron chi connectivity index (χ3n) is 4.53. The number of benzene rings is 1. The summed E-state index contributed by atoms with van der Waals surface area (Å²) in [6.07, 6.45) is 0. The molecule has 0 atom stereocenters. The van der Waals surface area contributed by atoms with Crippen molar-refractivity contribution in [2.45, 2.75) is 27.3 Å². The quantitative estimate of drug-likeness (QED) is 0.836. The maximum atomic E-state index is 12.6. The van der Waals surface area contributed by atoms with Gasteiger partial charge in [0, 0.05) is 31.9 Å². The lowest BCUT2D eigenvalue weighted by Gasteiger charge is -2.36. The van der Waals surface area contributed by atoms with E-state index in [2.05, 4.69) is 16.1 Å². The molecule has 0 spiro atoms. The van der Waals surface area contributed by atoms with Crippen LogP contribution in [0.5, 0.6) is 5.75 Å². The number of nitrogens with zero attached hydrogens (tertiary/aromatic N) is 4. The summed E-state index contributed by atoms with van der Waals surface area (Å²) in [5, 5.41) is 4.38. The molecule has 1 amide bonds. The number of carbonyl (C=O) groups excluding carboxylic acids is 1. The molecule has 1 fully saturated rings. The molecule has 2 aromatic rings. The van der Waals surface area contributed by atoms with Gasteiger partial charge in [-0.3, -0.25) is 9.48 Å². The van der Waals surface area contributed by atoms with Gasteiger partial charge in [-0.25, -0.2) is 0 Å². The first-order valence-electron chi connectivity index (χ1n) is 8.84. The minimum absolute atomic E-state index is 0.129. The Morgan fingerprint density at radius 1 is 1.16 bits per heavy atom. The Labute approximate surface area is 149 Å². The van der Waals surface area contributed by atoms with Gasteiger partial charge < -0.3 is 14.5 Å². The van der Waals surface area contributed by atoms with Crippen molar-refractivity contribution in [3.05, 3.63) is 41.7 Å². The predicted molar refractivity (Wildman–Crippen MR) is 98.1 cm³/mol. The topological polar surface area (TPSA) is 50.6 Å². The molecule has 0 radical (unpaired) electrons. The molecule has 1 aliphatic heterocycles. The molecule has 0 N–H and O–H groups in total. The van der Waals surface area contributed by atoms with E-state index in [1.54, 1.807) is 4.68 Å². The van der Waals surface area contributed by atoms with Crippen LogP contribution < -0.4 is 9.64 Å². The average Bonchev–Trinajstić information content (AvgIpc) is 2.93. The zero-order valence-electron chi connectivity index (χ0n) is 15.2. The van der Waals surface area contributed by atoms with E-state index in [0.29, 0.717) is 13.2 Å². The molecule has 6 heteroatoms. The first-order chi connectivity index (χ1) is 12.1. The minimum atomic E-state index is 0.129. The zero-order valence-corrected chi connectivity index (χ0v) is 15.2. The average molecular weight is 342 g/mol. The molecular weight excluding hydrogens is 316 g/mol. The van der Waals surface area contributed by atoms with E-state index in [1.807, 2.05) is 49.9 Å². The second-order valence-electron chi connectivity index (χ2n) is 6.35. The van der Waals surface area contributed by atoms with E-state index < -0.39 is 0 Å². The summed E-state index contributed by atoms with van der Waals surface area (Å²) in [6.45, 7) is 9.95. The number of hydrogen-bond donors (Lipinski definition) is 0. The van der Waals surface area contributed by atoms with Gasteiger partial charge in [0.2, 0.25) is 5.91 Å². The van der Waals surface area contributed by atoms with Crippen molar-refractivity contribution in [2.75, 3.05) is 37.7 Å². The first kappa shape index (κ1) is 17.3. The summed E-state index contributed by atoms with van der Waals surface area (Å²) in [5.41, 5.74) is 3.08. The van der Waals surface area contributed by atoms with Gasteiger partial charge in [0.1, 0.15) is 12.3 Å². The van der Waals surface area contributed by atoms with Crippen molar-refractivity contribution in [3.8, 4) is 5.75 Å². The molecule has 0 aliphatic carbocycles. The molecule has 6 nitrogen and oxygen atoms in total. The minimum Gasteiger partial charge on any atom is -0.492 e.